The average molecular weight is 542 g/mol. The number of nitrogens with zero attached hydrogens (tertiary/aromatic N) is 1. The van der Waals surface area contributed by atoms with Gasteiger partial charge in [-0.1, -0.05) is 81.3 Å². The number of rotatable bonds is 6. The molecule has 1 saturated carbocycles. The molecule has 2 N–H and O–H groups in total. The Morgan fingerprint density at radius 2 is 1.82 bits per heavy atom. The number of anilines is 1. The summed E-state index contributed by atoms with van der Waals surface area (Å²) in [5.74, 6) is -1.32. The van der Waals surface area contributed by atoms with Crippen molar-refractivity contribution in [3.05, 3.63) is 77.9 Å². The quantitative estimate of drug-likeness (QED) is 0.515. The molecule has 2 aromatic carbocycles. The maximum atomic E-state index is 14.4. The van der Waals surface area contributed by atoms with E-state index in [-0.39, 0.29) is 29.8 Å². The number of likely N-dealkylation sites (tertiary alicyclic amines) is 1. The van der Waals surface area contributed by atoms with Crippen molar-refractivity contribution in [3.63, 3.8) is 0 Å². The highest BCUT2D eigenvalue weighted by atomic mass is 16.5. The number of nitrogens with one attached hydrogen (secondary N) is 2. The molecule has 1 aliphatic carbocycles. The molecule has 3 amide bonds. The molecule has 7 nitrogen and oxygen atoms in total. The summed E-state index contributed by atoms with van der Waals surface area (Å²) in [5, 5.41) is 6.34. The minimum absolute atomic E-state index is 0.0404. The van der Waals surface area contributed by atoms with Gasteiger partial charge in [-0.15, -0.1) is 0 Å². The SMILES string of the molecule is Cc1cccc(NC(=O)[C@H]2[C@H]3C=C[C@@]4(O3)[C@H]2C(=O)N([C@H](C)c2ccccc2)[C@@H]4C(=O)N[C@@H]2CCC[C@@H](C)[C@H]2C)c1. The van der Waals surface area contributed by atoms with Crippen molar-refractivity contribution in [2.75, 3.05) is 5.32 Å². The van der Waals surface area contributed by atoms with Crippen molar-refractivity contribution in [3.8, 4) is 0 Å². The number of carbonyl (C=O) groups excluding carboxylic acids is 3. The number of amides is 3. The lowest BCUT2D eigenvalue weighted by molar-refractivity contribution is -0.144. The van der Waals surface area contributed by atoms with Gasteiger partial charge in [-0.25, -0.2) is 0 Å². The number of ether oxygens (including phenoxy) is 1. The number of carbonyl (C=O) groups is 3. The molecule has 210 valence electrons. The van der Waals surface area contributed by atoms with E-state index < -0.39 is 29.6 Å². The van der Waals surface area contributed by atoms with E-state index in [0.29, 0.717) is 17.5 Å². The molecule has 40 heavy (non-hydrogen) atoms. The van der Waals surface area contributed by atoms with Crippen molar-refractivity contribution in [2.45, 2.75) is 76.8 Å². The molecule has 3 heterocycles. The van der Waals surface area contributed by atoms with Gasteiger partial charge in [-0.05, 0) is 55.4 Å². The molecule has 7 heteroatoms. The molecule has 1 spiro atoms. The van der Waals surface area contributed by atoms with Gasteiger partial charge in [0.15, 0.2) is 0 Å². The second-order valence-corrected chi connectivity index (χ2v) is 12.3. The fraction of sp³-hybridized carbons (Fsp3) is 0.485. The minimum Gasteiger partial charge on any atom is -0.359 e. The predicted octanol–water partition coefficient (Wildman–Crippen LogP) is 4.79. The lowest BCUT2D eigenvalue weighted by Crippen LogP contribution is -2.58. The number of aryl methyl sites for hydroxylation is 1. The van der Waals surface area contributed by atoms with Crippen LogP contribution in [-0.4, -0.2) is 46.4 Å². The molecule has 0 unspecified atom stereocenters. The third kappa shape index (κ3) is 4.26. The van der Waals surface area contributed by atoms with Crippen LogP contribution in [0.25, 0.3) is 0 Å². The van der Waals surface area contributed by atoms with Gasteiger partial charge in [-0.3, -0.25) is 14.4 Å². The van der Waals surface area contributed by atoms with Crippen LogP contribution in [0.1, 0.15) is 57.2 Å². The van der Waals surface area contributed by atoms with Crippen LogP contribution in [-0.2, 0) is 19.1 Å². The van der Waals surface area contributed by atoms with E-state index in [2.05, 4.69) is 24.5 Å². The van der Waals surface area contributed by atoms with E-state index in [0.717, 1.165) is 30.4 Å². The monoisotopic (exact) mass is 541 g/mol. The highest BCUT2D eigenvalue weighted by molar-refractivity contribution is 6.03. The molecule has 4 aliphatic rings. The van der Waals surface area contributed by atoms with E-state index in [1.165, 1.54) is 0 Å². The number of benzene rings is 2. The first-order valence-electron chi connectivity index (χ1n) is 14.6. The highest BCUT2D eigenvalue weighted by Gasteiger charge is 2.73. The number of hydrogen-bond donors (Lipinski definition) is 2. The fourth-order valence-electron chi connectivity index (χ4n) is 7.51. The molecule has 3 fully saturated rings. The van der Waals surface area contributed by atoms with Crippen LogP contribution in [0.15, 0.2) is 66.7 Å². The van der Waals surface area contributed by atoms with Crippen molar-refractivity contribution in [1.29, 1.82) is 0 Å². The van der Waals surface area contributed by atoms with Crippen LogP contribution < -0.4 is 10.6 Å². The van der Waals surface area contributed by atoms with Crippen LogP contribution in [0.3, 0.4) is 0 Å². The Morgan fingerprint density at radius 1 is 1.05 bits per heavy atom. The normalized spacial score (nSPS) is 35.0. The average Bonchev–Trinajstić information content (AvgIpc) is 3.58. The van der Waals surface area contributed by atoms with Gasteiger partial charge < -0.3 is 20.3 Å². The van der Waals surface area contributed by atoms with Crippen LogP contribution in [0.5, 0.6) is 0 Å². The standard InChI is InChI=1S/C33H39N3O4/c1-19-10-8-14-24(18-19)34-30(37)27-26-16-17-33(40-26)28(27)32(39)36(22(4)23-12-6-5-7-13-23)29(33)31(38)35-25-15-9-11-20(2)21(25)3/h5-8,10,12-14,16-18,20-22,25-29H,9,11,15H2,1-4H3,(H,34,37)(H,35,38)/t20-,21-,22-,25-,26-,27+,28-,29-,33-/m1/s1. The zero-order valence-corrected chi connectivity index (χ0v) is 23.7. The summed E-state index contributed by atoms with van der Waals surface area (Å²) in [6.45, 7) is 8.36. The maximum absolute atomic E-state index is 14.4. The summed E-state index contributed by atoms with van der Waals surface area (Å²) in [7, 11) is 0. The molecular weight excluding hydrogens is 502 g/mol. The Morgan fingerprint density at radius 3 is 2.58 bits per heavy atom. The van der Waals surface area contributed by atoms with Crippen LogP contribution >= 0.6 is 0 Å². The highest BCUT2D eigenvalue weighted by Crippen LogP contribution is 2.56. The predicted molar refractivity (Wildman–Crippen MR) is 153 cm³/mol. The summed E-state index contributed by atoms with van der Waals surface area (Å²) in [6, 6.07) is 16.1. The zero-order valence-electron chi connectivity index (χ0n) is 23.7. The Kier molecular flexibility index (Phi) is 6.81. The Bertz CT molecular complexity index is 1340. The molecule has 2 aromatic rings. The molecule has 9 atom stereocenters. The largest absolute Gasteiger partial charge is 0.359 e. The molecule has 3 aliphatic heterocycles. The molecule has 0 radical (unpaired) electrons. The smallest absolute Gasteiger partial charge is 0.246 e. The maximum Gasteiger partial charge on any atom is 0.246 e. The van der Waals surface area contributed by atoms with E-state index in [1.807, 2.05) is 80.6 Å². The molecule has 2 saturated heterocycles. The topological polar surface area (TPSA) is 87.7 Å². The lowest BCUT2D eigenvalue weighted by atomic mass is 9.73. The van der Waals surface area contributed by atoms with E-state index in [1.54, 1.807) is 4.90 Å². The summed E-state index contributed by atoms with van der Waals surface area (Å²) >= 11 is 0. The van der Waals surface area contributed by atoms with Gasteiger partial charge in [0.05, 0.1) is 24.0 Å². The van der Waals surface area contributed by atoms with Crippen molar-refractivity contribution < 1.29 is 19.1 Å². The van der Waals surface area contributed by atoms with E-state index >= 15 is 0 Å². The molecule has 0 aromatic heterocycles. The minimum atomic E-state index is -1.19. The van der Waals surface area contributed by atoms with Crippen molar-refractivity contribution >= 4 is 23.4 Å². The first kappa shape index (κ1) is 26.8. The first-order chi connectivity index (χ1) is 19.2. The molecule has 6 rings (SSSR count). The van der Waals surface area contributed by atoms with Gasteiger partial charge in [-0.2, -0.15) is 0 Å². The van der Waals surface area contributed by atoms with Gasteiger partial charge >= 0.3 is 0 Å². The number of hydrogen-bond acceptors (Lipinski definition) is 4. The van der Waals surface area contributed by atoms with Gasteiger partial charge in [0.1, 0.15) is 11.6 Å². The second-order valence-electron chi connectivity index (χ2n) is 12.3. The fourth-order valence-corrected chi connectivity index (χ4v) is 7.51. The Labute approximate surface area is 236 Å². The van der Waals surface area contributed by atoms with Crippen LogP contribution in [0, 0.1) is 30.6 Å². The Balaban J connectivity index is 1.35. The van der Waals surface area contributed by atoms with Gasteiger partial charge in [0.25, 0.3) is 0 Å². The third-order valence-corrected chi connectivity index (χ3v) is 9.88. The molecular formula is C33H39N3O4. The zero-order chi connectivity index (χ0) is 28.2. The van der Waals surface area contributed by atoms with Crippen LogP contribution in [0.4, 0.5) is 5.69 Å². The molecule has 2 bridgehead atoms. The van der Waals surface area contributed by atoms with E-state index in [9.17, 15) is 14.4 Å². The summed E-state index contributed by atoms with van der Waals surface area (Å²) in [6.07, 6.45) is 6.33. The summed E-state index contributed by atoms with van der Waals surface area (Å²) in [5.41, 5.74) is 1.46. The second kappa shape index (κ2) is 10.2. The van der Waals surface area contributed by atoms with Crippen molar-refractivity contribution in [2.24, 2.45) is 23.7 Å². The Hall–Kier alpha value is -3.45. The van der Waals surface area contributed by atoms with E-state index in [4.69, 9.17) is 4.74 Å². The van der Waals surface area contributed by atoms with Crippen LogP contribution in [0.2, 0.25) is 0 Å². The summed E-state index contributed by atoms with van der Waals surface area (Å²) < 4.78 is 6.54. The lowest BCUT2D eigenvalue weighted by Gasteiger charge is -2.39. The first-order valence-corrected chi connectivity index (χ1v) is 14.6. The summed E-state index contributed by atoms with van der Waals surface area (Å²) in [4.78, 5) is 44.1. The third-order valence-electron chi connectivity index (χ3n) is 9.88. The van der Waals surface area contributed by atoms with Gasteiger partial charge in [0.2, 0.25) is 17.7 Å². The van der Waals surface area contributed by atoms with Crippen molar-refractivity contribution in [1.82, 2.24) is 10.2 Å². The van der Waals surface area contributed by atoms with Gasteiger partial charge in [0, 0.05) is 11.7 Å². The number of fused-ring (bicyclic) bond motifs is 1.